The van der Waals surface area contributed by atoms with E-state index in [2.05, 4.69) is 15.6 Å². The molecule has 0 aliphatic rings. The number of aryl methyl sites for hydroxylation is 1. The first-order chi connectivity index (χ1) is 8.24. The lowest BCUT2D eigenvalue weighted by Gasteiger charge is -2.07. The van der Waals surface area contributed by atoms with Gasteiger partial charge in [0.05, 0.1) is 25.4 Å². The highest BCUT2D eigenvalue weighted by molar-refractivity contribution is 5.77. The van der Waals surface area contributed by atoms with E-state index in [-0.39, 0.29) is 5.91 Å². The molecule has 17 heavy (non-hydrogen) atoms. The summed E-state index contributed by atoms with van der Waals surface area (Å²) in [5, 5.41) is 5.79. The molecule has 0 radical (unpaired) electrons. The molecule has 1 amide bonds. The van der Waals surface area contributed by atoms with E-state index >= 15 is 0 Å². The lowest BCUT2D eigenvalue weighted by Crippen LogP contribution is -2.35. The second kappa shape index (κ2) is 7.76. The van der Waals surface area contributed by atoms with Crippen molar-refractivity contribution in [3.05, 3.63) is 29.6 Å². The molecule has 0 unspecified atom stereocenters. The highest BCUT2D eigenvalue weighted by Crippen LogP contribution is 2.01. The van der Waals surface area contributed by atoms with Gasteiger partial charge in [0, 0.05) is 19.9 Å². The van der Waals surface area contributed by atoms with E-state index in [1.807, 2.05) is 19.1 Å². The van der Waals surface area contributed by atoms with Gasteiger partial charge in [-0.25, -0.2) is 0 Å². The van der Waals surface area contributed by atoms with Crippen LogP contribution < -0.4 is 10.6 Å². The molecule has 0 aromatic carbocycles. The first kappa shape index (κ1) is 13.6. The molecule has 0 bridgehead atoms. The van der Waals surface area contributed by atoms with E-state index in [4.69, 9.17) is 4.74 Å². The molecular formula is C12H19N3O2. The third-order valence-electron chi connectivity index (χ3n) is 2.34. The fourth-order valence-electron chi connectivity index (χ4n) is 1.32. The smallest absolute Gasteiger partial charge is 0.234 e. The number of nitrogens with zero attached hydrogens (tertiary/aromatic N) is 1. The van der Waals surface area contributed by atoms with Gasteiger partial charge in [0.1, 0.15) is 0 Å². The summed E-state index contributed by atoms with van der Waals surface area (Å²) in [6.07, 6.45) is 1.73. The molecule has 0 spiro atoms. The zero-order chi connectivity index (χ0) is 12.5. The number of carbonyl (C=O) groups excluding carboxylic acids is 1. The zero-order valence-corrected chi connectivity index (χ0v) is 10.3. The summed E-state index contributed by atoms with van der Waals surface area (Å²) in [5.74, 6) is -0.0360. The van der Waals surface area contributed by atoms with Crippen LogP contribution in [0.1, 0.15) is 11.3 Å². The Bertz CT molecular complexity index is 355. The Morgan fingerprint density at radius 3 is 3.06 bits per heavy atom. The maximum Gasteiger partial charge on any atom is 0.234 e. The molecule has 2 N–H and O–H groups in total. The van der Waals surface area contributed by atoms with Gasteiger partial charge in [-0.05, 0) is 18.6 Å². The SMILES string of the molecule is COCCNCC(=O)NCc1ncccc1C. The Morgan fingerprint density at radius 2 is 2.35 bits per heavy atom. The van der Waals surface area contributed by atoms with Gasteiger partial charge >= 0.3 is 0 Å². The van der Waals surface area contributed by atoms with Crippen molar-refractivity contribution < 1.29 is 9.53 Å². The first-order valence-corrected chi connectivity index (χ1v) is 5.61. The molecule has 1 aromatic heterocycles. The van der Waals surface area contributed by atoms with Crippen molar-refractivity contribution in [2.45, 2.75) is 13.5 Å². The van der Waals surface area contributed by atoms with Gasteiger partial charge in [0.2, 0.25) is 5.91 Å². The van der Waals surface area contributed by atoms with Crippen LogP contribution in [-0.4, -0.2) is 37.7 Å². The molecule has 0 fully saturated rings. The lowest BCUT2D eigenvalue weighted by atomic mass is 10.2. The van der Waals surface area contributed by atoms with E-state index in [0.717, 1.165) is 11.3 Å². The monoisotopic (exact) mass is 237 g/mol. The van der Waals surface area contributed by atoms with Crippen LogP contribution in [0, 0.1) is 6.92 Å². The second-order valence-corrected chi connectivity index (χ2v) is 3.71. The number of methoxy groups -OCH3 is 1. The maximum absolute atomic E-state index is 11.4. The average molecular weight is 237 g/mol. The molecule has 0 aliphatic carbocycles. The molecule has 5 nitrogen and oxygen atoms in total. The third kappa shape index (κ3) is 5.42. The number of amides is 1. The summed E-state index contributed by atoms with van der Waals surface area (Å²) < 4.78 is 4.86. The minimum Gasteiger partial charge on any atom is -0.383 e. The van der Waals surface area contributed by atoms with Gasteiger partial charge < -0.3 is 15.4 Å². The van der Waals surface area contributed by atoms with Gasteiger partial charge in [-0.15, -0.1) is 0 Å². The highest BCUT2D eigenvalue weighted by atomic mass is 16.5. The molecule has 1 rings (SSSR count). The topological polar surface area (TPSA) is 63.2 Å². The molecule has 1 heterocycles. The van der Waals surface area contributed by atoms with Gasteiger partial charge in [-0.1, -0.05) is 6.07 Å². The normalized spacial score (nSPS) is 10.2. The third-order valence-corrected chi connectivity index (χ3v) is 2.34. The van der Waals surface area contributed by atoms with E-state index in [1.165, 1.54) is 0 Å². The number of rotatable bonds is 7. The minimum atomic E-state index is -0.0360. The van der Waals surface area contributed by atoms with Gasteiger partial charge in [-0.2, -0.15) is 0 Å². The van der Waals surface area contributed by atoms with Crippen molar-refractivity contribution in [3.8, 4) is 0 Å². The molecule has 0 aliphatic heterocycles. The summed E-state index contributed by atoms with van der Waals surface area (Å²) >= 11 is 0. The molecule has 0 saturated heterocycles. The first-order valence-electron chi connectivity index (χ1n) is 5.61. The van der Waals surface area contributed by atoms with Gasteiger partial charge in [0.15, 0.2) is 0 Å². The molecule has 1 aromatic rings. The summed E-state index contributed by atoms with van der Waals surface area (Å²) in [7, 11) is 1.63. The van der Waals surface area contributed by atoms with Crippen molar-refractivity contribution in [1.29, 1.82) is 0 Å². The molecule has 94 valence electrons. The van der Waals surface area contributed by atoms with Crippen molar-refractivity contribution in [1.82, 2.24) is 15.6 Å². The second-order valence-electron chi connectivity index (χ2n) is 3.71. The largest absolute Gasteiger partial charge is 0.383 e. The quantitative estimate of drug-likeness (QED) is 0.667. The Hall–Kier alpha value is -1.46. The number of hydrogen-bond acceptors (Lipinski definition) is 4. The van der Waals surface area contributed by atoms with Crippen LogP contribution in [0.3, 0.4) is 0 Å². The minimum absolute atomic E-state index is 0.0360. The summed E-state index contributed by atoms with van der Waals surface area (Å²) in [6, 6.07) is 3.86. The summed E-state index contributed by atoms with van der Waals surface area (Å²) in [6.45, 7) is 4.02. The van der Waals surface area contributed by atoms with Gasteiger partial charge in [-0.3, -0.25) is 9.78 Å². The van der Waals surface area contributed by atoms with Crippen LogP contribution >= 0.6 is 0 Å². The zero-order valence-electron chi connectivity index (χ0n) is 10.3. The fourth-order valence-corrected chi connectivity index (χ4v) is 1.32. The van der Waals surface area contributed by atoms with Crippen LogP contribution in [0.5, 0.6) is 0 Å². The van der Waals surface area contributed by atoms with E-state index in [9.17, 15) is 4.79 Å². The van der Waals surface area contributed by atoms with Gasteiger partial charge in [0.25, 0.3) is 0 Å². The predicted molar refractivity (Wildman–Crippen MR) is 65.6 cm³/mol. The number of pyridine rings is 1. The van der Waals surface area contributed by atoms with E-state index in [0.29, 0.717) is 26.2 Å². The molecule has 5 heteroatoms. The van der Waals surface area contributed by atoms with Crippen LogP contribution in [0.25, 0.3) is 0 Å². The standard InChI is InChI=1S/C12H19N3O2/c1-10-4-3-5-14-11(10)8-15-12(16)9-13-6-7-17-2/h3-5,13H,6-9H2,1-2H3,(H,15,16). The molecule has 0 saturated carbocycles. The van der Waals surface area contributed by atoms with E-state index in [1.54, 1.807) is 13.3 Å². The van der Waals surface area contributed by atoms with Crippen LogP contribution in [-0.2, 0) is 16.1 Å². The number of nitrogens with one attached hydrogen (secondary N) is 2. The number of carbonyl (C=O) groups is 1. The number of ether oxygens (including phenoxy) is 1. The highest BCUT2D eigenvalue weighted by Gasteiger charge is 2.02. The van der Waals surface area contributed by atoms with Crippen LogP contribution in [0.4, 0.5) is 0 Å². The van der Waals surface area contributed by atoms with Crippen molar-refractivity contribution in [3.63, 3.8) is 0 Å². The summed E-state index contributed by atoms with van der Waals surface area (Å²) in [5.41, 5.74) is 1.98. The molecule has 0 atom stereocenters. The Morgan fingerprint density at radius 1 is 1.53 bits per heavy atom. The van der Waals surface area contributed by atoms with Crippen molar-refractivity contribution >= 4 is 5.91 Å². The number of aromatic nitrogens is 1. The van der Waals surface area contributed by atoms with E-state index < -0.39 is 0 Å². The fraction of sp³-hybridized carbons (Fsp3) is 0.500. The van der Waals surface area contributed by atoms with Crippen LogP contribution in [0.2, 0.25) is 0 Å². The Labute approximate surface area is 102 Å². The maximum atomic E-state index is 11.4. The summed E-state index contributed by atoms with van der Waals surface area (Å²) in [4.78, 5) is 15.7. The average Bonchev–Trinajstić information content (AvgIpc) is 2.34. The number of hydrogen-bond donors (Lipinski definition) is 2. The van der Waals surface area contributed by atoms with Crippen molar-refractivity contribution in [2.75, 3.05) is 26.8 Å². The van der Waals surface area contributed by atoms with Crippen molar-refractivity contribution in [2.24, 2.45) is 0 Å². The van der Waals surface area contributed by atoms with Crippen LogP contribution in [0.15, 0.2) is 18.3 Å². The molecular weight excluding hydrogens is 218 g/mol. The Kier molecular flexibility index (Phi) is 6.21. The Balaban J connectivity index is 2.22. The lowest BCUT2D eigenvalue weighted by molar-refractivity contribution is -0.120. The predicted octanol–water partition coefficient (Wildman–Crippen LogP) is 0.242.